The first-order valence-corrected chi connectivity index (χ1v) is 15.3. The van der Waals surface area contributed by atoms with E-state index in [1.165, 1.54) is 0 Å². The Bertz CT molecular complexity index is 1830. The van der Waals surface area contributed by atoms with E-state index in [1.54, 1.807) is 14.2 Å². The summed E-state index contributed by atoms with van der Waals surface area (Å²) in [5.41, 5.74) is 11.5. The topological polar surface area (TPSA) is 97.6 Å². The molecule has 0 radical (unpaired) electrons. The van der Waals surface area contributed by atoms with Crippen molar-refractivity contribution in [1.29, 1.82) is 0 Å². The minimum Gasteiger partial charge on any atom is -0.497 e. The monoisotopic (exact) mass is 628 g/mol. The fourth-order valence-electron chi connectivity index (χ4n) is 5.62. The van der Waals surface area contributed by atoms with E-state index in [9.17, 15) is 0 Å². The normalized spacial score (nSPS) is 11.6. The van der Waals surface area contributed by atoms with Crippen molar-refractivity contribution in [2.45, 2.75) is 0 Å². The molecule has 0 saturated heterocycles. The van der Waals surface area contributed by atoms with Gasteiger partial charge in [-0.3, -0.25) is 4.90 Å². The van der Waals surface area contributed by atoms with Crippen LogP contribution in [0.2, 0.25) is 10.0 Å². The molecule has 44 heavy (non-hydrogen) atoms. The van der Waals surface area contributed by atoms with Crippen LogP contribution in [0.1, 0.15) is 0 Å². The third kappa shape index (κ3) is 6.25. The van der Waals surface area contributed by atoms with Gasteiger partial charge in [0.15, 0.2) is 0 Å². The molecule has 0 aliphatic rings. The second-order valence-corrected chi connectivity index (χ2v) is 11.4. The van der Waals surface area contributed by atoms with Gasteiger partial charge in [-0.25, -0.2) is 9.97 Å². The van der Waals surface area contributed by atoms with Crippen LogP contribution in [0.5, 0.6) is 11.5 Å². The first-order chi connectivity index (χ1) is 21.5. The van der Waals surface area contributed by atoms with Crippen molar-refractivity contribution >= 4 is 78.2 Å². The summed E-state index contributed by atoms with van der Waals surface area (Å²) in [6, 6.07) is 23.4. The molecule has 8 nitrogen and oxygen atoms in total. The zero-order valence-electron chi connectivity index (χ0n) is 24.7. The molecule has 0 aliphatic carbocycles. The third-order valence-electron chi connectivity index (χ3n) is 7.79. The molecule has 0 fully saturated rings. The van der Waals surface area contributed by atoms with Crippen molar-refractivity contribution in [3.8, 4) is 11.5 Å². The van der Waals surface area contributed by atoms with Gasteiger partial charge in [0.25, 0.3) is 0 Å². The number of hydrogen-bond donors (Lipinski definition) is 3. The second kappa shape index (κ2) is 13.3. The molecule has 10 heteroatoms. The van der Waals surface area contributed by atoms with E-state index < -0.39 is 0 Å². The lowest BCUT2D eigenvalue weighted by molar-refractivity contribution is 0.303. The molecule has 4 aromatic carbocycles. The number of rotatable bonds is 12. The van der Waals surface area contributed by atoms with Crippen molar-refractivity contribution in [2.75, 3.05) is 64.1 Å². The predicted molar refractivity (Wildman–Crippen MR) is 184 cm³/mol. The van der Waals surface area contributed by atoms with Gasteiger partial charge in [-0.05, 0) is 72.8 Å². The van der Waals surface area contributed by atoms with Crippen LogP contribution in [0.4, 0.5) is 11.4 Å². The van der Waals surface area contributed by atoms with Gasteiger partial charge in [0.2, 0.25) is 0 Å². The number of nitrogens with zero attached hydrogens (tertiary/aromatic N) is 3. The van der Waals surface area contributed by atoms with Gasteiger partial charge >= 0.3 is 0 Å². The van der Waals surface area contributed by atoms with Crippen LogP contribution >= 0.6 is 23.2 Å². The standard InChI is InChI=1S/C34H34Cl2N6O2/c1-43-23-5-9-29-27(19-23)33(25-7-3-21(35)17-31(25)40-29)38-12-15-42(14-11-37)16-13-39-34-26-8-4-22(36)18-32(26)41-30-10-6-24(44-2)20-28(30)34/h3-10,17-20H,11-16,37H2,1-2H3,(H,38,40)(H,39,41). The zero-order chi connectivity index (χ0) is 30.6. The summed E-state index contributed by atoms with van der Waals surface area (Å²) < 4.78 is 11.0. The number of anilines is 2. The quantitative estimate of drug-likeness (QED) is 0.122. The predicted octanol–water partition coefficient (Wildman–Crippen LogP) is 7.20. The number of nitrogens with one attached hydrogen (secondary N) is 2. The molecule has 0 atom stereocenters. The first kappa shape index (κ1) is 30.0. The Kier molecular flexibility index (Phi) is 9.04. The van der Waals surface area contributed by atoms with E-state index in [-0.39, 0.29) is 0 Å². The van der Waals surface area contributed by atoms with Crippen LogP contribution < -0.4 is 25.8 Å². The van der Waals surface area contributed by atoms with E-state index in [1.807, 2.05) is 72.8 Å². The molecule has 0 bridgehead atoms. The highest BCUT2D eigenvalue weighted by atomic mass is 35.5. The highest BCUT2D eigenvalue weighted by Gasteiger charge is 2.14. The number of aromatic nitrogens is 2. The summed E-state index contributed by atoms with van der Waals surface area (Å²) in [7, 11) is 3.34. The van der Waals surface area contributed by atoms with E-state index in [2.05, 4.69) is 15.5 Å². The number of pyridine rings is 2. The maximum Gasteiger partial charge on any atom is 0.119 e. The van der Waals surface area contributed by atoms with E-state index in [4.69, 9.17) is 48.4 Å². The Balaban J connectivity index is 1.21. The lowest BCUT2D eigenvalue weighted by atomic mass is 10.1. The van der Waals surface area contributed by atoms with Gasteiger partial charge in [-0.2, -0.15) is 0 Å². The second-order valence-electron chi connectivity index (χ2n) is 10.5. The third-order valence-corrected chi connectivity index (χ3v) is 8.26. The molecular formula is C34H34Cl2N6O2. The summed E-state index contributed by atoms with van der Waals surface area (Å²) >= 11 is 12.6. The van der Waals surface area contributed by atoms with Crippen molar-refractivity contribution in [2.24, 2.45) is 5.73 Å². The lowest BCUT2D eigenvalue weighted by Gasteiger charge is -2.23. The maximum atomic E-state index is 6.31. The Morgan fingerprint density at radius 1 is 0.614 bits per heavy atom. The average molecular weight is 630 g/mol. The molecule has 0 saturated carbocycles. The fourth-order valence-corrected chi connectivity index (χ4v) is 5.96. The minimum absolute atomic E-state index is 0.563. The van der Waals surface area contributed by atoms with E-state index in [0.29, 0.717) is 29.7 Å². The van der Waals surface area contributed by atoms with Crippen LogP contribution in [-0.4, -0.2) is 68.4 Å². The molecule has 0 aliphatic heterocycles. The van der Waals surface area contributed by atoms with Gasteiger partial charge in [-0.1, -0.05) is 23.2 Å². The lowest BCUT2D eigenvalue weighted by Crippen LogP contribution is -2.37. The number of nitrogens with two attached hydrogens (primary N) is 1. The number of halogens is 2. The number of fused-ring (bicyclic) bond motifs is 4. The largest absolute Gasteiger partial charge is 0.497 e. The minimum atomic E-state index is 0.563. The number of methoxy groups -OCH3 is 2. The number of benzene rings is 4. The molecule has 4 N–H and O–H groups in total. The van der Waals surface area contributed by atoms with Gasteiger partial charge < -0.3 is 25.8 Å². The SMILES string of the molecule is COc1ccc2nc3cc(Cl)ccc3c(NCCN(CCN)CCNc3c4ccc(Cl)cc4nc4ccc(OC)cc34)c2c1. The van der Waals surface area contributed by atoms with Crippen molar-refractivity contribution in [3.63, 3.8) is 0 Å². The zero-order valence-corrected chi connectivity index (χ0v) is 26.2. The van der Waals surface area contributed by atoms with Crippen LogP contribution in [0.25, 0.3) is 43.6 Å². The first-order valence-electron chi connectivity index (χ1n) is 14.5. The Morgan fingerprint density at radius 3 is 1.52 bits per heavy atom. The van der Waals surface area contributed by atoms with Crippen LogP contribution in [0.3, 0.4) is 0 Å². The summed E-state index contributed by atoms with van der Waals surface area (Å²) in [5.74, 6) is 1.56. The molecule has 6 rings (SSSR count). The number of hydrogen-bond acceptors (Lipinski definition) is 8. The van der Waals surface area contributed by atoms with Crippen molar-refractivity contribution in [3.05, 3.63) is 82.8 Å². The molecule has 0 amide bonds. The van der Waals surface area contributed by atoms with Crippen LogP contribution in [0, 0.1) is 0 Å². The van der Waals surface area contributed by atoms with Crippen LogP contribution in [-0.2, 0) is 0 Å². The van der Waals surface area contributed by atoms with Gasteiger partial charge in [0.05, 0.1) is 47.7 Å². The molecular weight excluding hydrogens is 595 g/mol. The molecule has 2 aromatic heterocycles. The van der Waals surface area contributed by atoms with Gasteiger partial charge in [0.1, 0.15) is 11.5 Å². The smallest absolute Gasteiger partial charge is 0.119 e. The molecule has 226 valence electrons. The maximum absolute atomic E-state index is 6.31. The van der Waals surface area contributed by atoms with Crippen molar-refractivity contribution in [1.82, 2.24) is 14.9 Å². The fraction of sp³-hybridized carbons (Fsp3) is 0.235. The summed E-state index contributed by atoms with van der Waals surface area (Å²) in [5, 5.41) is 12.7. The van der Waals surface area contributed by atoms with Gasteiger partial charge in [-0.15, -0.1) is 0 Å². The molecule has 6 aromatic rings. The van der Waals surface area contributed by atoms with Gasteiger partial charge in [0, 0.05) is 70.9 Å². The summed E-state index contributed by atoms with van der Waals surface area (Å²) in [6.45, 7) is 4.35. The Labute approximate surface area is 266 Å². The van der Waals surface area contributed by atoms with Crippen LogP contribution in [0.15, 0.2) is 72.8 Å². The molecule has 0 spiro atoms. The Hall–Kier alpha value is -4.08. The molecule has 0 unspecified atom stereocenters. The average Bonchev–Trinajstić information content (AvgIpc) is 3.03. The highest BCUT2D eigenvalue weighted by Crippen LogP contribution is 2.35. The Morgan fingerprint density at radius 2 is 1.09 bits per heavy atom. The number of ether oxygens (including phenoxy) is 2. The van der Waals surface area contributed by atoms with E-state index in [0.717, 1.165) is 86.1 Å². The van der Waals surface area contributed by atoms with Crippen molar-refractivity contribution < 1.29 is 9.47 Å². The van der Waals surface area contributed by atoms with E-state index >= 15 is 0 Å². The summed E-state index contributed by atoms with van der Waals surface area (Å²) in [4.78, 5) is 12.0. The summed E-state index contributed by atoms with van der Waals surface area (Å²) in [6.07, 6.45) is 0. The highest BCUT2D eigenvalue weighted by molar-refractivity contribution is 6.32. The molecule has 2 heterocycles.